The monoisotopic (exact) mass is 269 g/mol. The molecule has 0 heterocycles. The summed E-state index contributed by atoms with van der Waals surface area (Å²) in [5.41, 5.74) is 1.18. The summed E-state index contributed by atoms with van der Waals surface area (Å²) in [5.74, 6) is 0.280. The highest BCUT2D eigenvalue weighted by atomic mass is 16.1. The number of nitrogens with one attached hydrogen (secondary N) is 1. The van der Waals surface area contributed by atoms with Crippen LogP contribution in [0.15, 0.2) is 42.5 Å². The molecule has 2 heteroatoms. The molecule has 1 unspecified atom stereocenters. The number of carbonyl (C=O) groups is 1. The van der Waals surface area contributed by atoms with Gasteiger partial charge in [0.15, 0.2) is 0 Å². The van der Waals surface area contributed by atoms with E-state index in [0.717, 1.165) is 12.8 Å². The summed E-state index contributed by atoms with van der Waals surface area (Å²) in [7, 11) is 0. The van der Waals surface area contributed by atoms with Gasteiger partial charge < -0.3 is 5.32 Å². The lowest BCUT2D eigenvalue weighted by Crippen LogP contribution is -2.32. The molecule has 0 spiro atoms. The summed E-state index contributed by atoms with van der Waals surface area (Å²) in [6.45, 7) is 6.19. The van der Waals surface area contributed by atoms with Crippen LogP contribution in [-0.2, 0) is 4.79 Å². The van der Waals surface area contributed by atoms with Crippen LogP contribution in [0.3, 0.4) is 0 Å². The first-order valence-corrected chi connectivity index (χ1v) is 7.45. The molecule has 0 aliphatic carbocycles. The Morgan fingerprint density at radius 2 is 1.70 bits per heavy atom. The largest absolute Gasteiger partial charge is 0.349 e. The number of fused-ring (bicyclic) bond motifs is 1. The Hall–Kier alpha value is -1.83. The normalized spacial score (nSPS) is 12.6. The molecule has 106 valence electrons. The van der Waals surface area contributed by atoms with Gasteiger partial charge in [0.05, 0.1) is 6.04 Å². The molecular weight excluding hydrogens is 246 g/mol. The third-order valence-electron chi connectivity index (χ3n) is 4.01. The second-order valence-electron chi connectivity index (χ2n) is 5.31. The van der Waals surface area contributed by atoms with E-state index in [1.165, 1.54) is 16.3 Å². The van der Waals surface area contributed by atoms with Gasteiger partial charge in [-0.25, -0.2) is 0 Å². The maximum absolute atomic E-state index is 12.2. The van der Waals surface area contributed by atoms with Crippen LogP contribution in [0.5, 0.6) is 0 Å². The second-order valence-corrected chi connectivity index (χ2v) is 5.31. The maximum atomic E-state index is 12.2. The number of carbonyl (C=O) groups excluding carboxylic acids is 1. The van der Waals surface area contributed by atoms with Crippen LogP contribution < -0.4 is 5.32 Å². The molecule has 0 aliphatic heterocycles. The van der Waals surface area contributed by atoms with Crippen molar-refractivity contribution in [3.05, 3.63) is 48.0 Å². The van der Waals surface area contributed by atoms with E-state index in [1.54, 1.807) is 0 Å². The maximum Gasteiger partial charge on any atom is 0.223 e. The fourth-order valence-electron chi connectivity index (χ4n) is 2.70. The average molecular weight is 269 g/mol. The highest BCUT2D eigenvalue weighted by molar-refractivity contribution is 5.87. The Labute approximate surface area is 121 Å². The van der Waals surface area contributed by atoms with E-state index in [0.29, 0.717) is 0 Å². The van der Waals surface area contributed by atoms with Gasteiger partial charge >= 0.3 is 0 Å². The molecule has 1 amide bonds. The Balaban J connectivity index is 2.23. The predicted octanol–water partition coefficient (Wildman–Crippen LogP) is 4.45. The highest BCUT2D eigenvalue weighted by Crippen LogP contribution is 2.24. The molecule has 0 saturated heterocycles. The van der Waals surface area contributed by atoms with Crippen molar-refractivity contribution in [2.24, 2.45) is 5.92 Å². The molecule has 0 aromatic heterocycles. The first kappa shape index (κ1) is 14.6. The third-order valence-corrected chi connectivity index (χ3v) is 4.01. The smallest absolute Gasteiger partial charge is 0.223 e. The summed E-state index contributed by atoms with van der Waals surface area (Å²) in [4.78, 5) is 12.2. The summed E-state index contributed by atoms with van der Waals surface area (Å²) < 4.78 is 0. The zero-order chi connectivity index (χ0) is 14.5. The fourth-order valence-corrected chi connectivity index (χ4v) is 2.70. The van der Waals surface area contributed by atoms with Gasteiger partial charge in [-0.05, 0) is 36.1 Å². The summed E-state index contributed by atoms with van der Waals surface area (Å²) in [6.07, 6.45) is 1.79. The van der Waals surface area contributed by atoms with Crippen LogP contribution in [0.1, 0.15) is 45.2 Å². The minimum Gasteiger partial charge on any atom is -0.349 e. The Kier molecular flexibility index (Phi) is 4.78. The molecule has 2 aromatic rings. The molecule has 2 nitrogen and oxygen atoms in total. The van der Waals surface area contributed by atoms with Crippen molar-refractivity contribution in [1.82, 2.24) is 5.32 Å². The van der Waals surface area contributed by atoms with Gasteiger partial charge in [0.25, 0.3) is 0 Å². The minimum absolute atomic E-state index is 0.0363. The molecule has 0 bridgehead atoms. The topological polar surface area (TPSA) is 29.1 Å². The van der Waals surface area contributed by atoms with Gasteiger partial charge in [0, 0.05) is 5.92 Å². The number of hydrogen-bond donors (Lipinski definition) is 1. The van der Waals surface area contributed by atoms with Gasteiger partial charge in [0.2, 0.25) is 5.91 Å². The zero-order valence-electron chi connectivity index (χ0n) is 12.5. The third kappa shape index (κ3) is 3.01. The van der Waals surface area contributed by atoms with Crippen molar-refractivity contribution >= 4 is 16.7 Å². The quantitative estimate of drug-likeness (QED) is 0.853. The standard InChI is InChI=1S/C18H23NO/c1-4-14(5-2)18(20)19-13(3)16-12-8-10-15-9-6-7-11-17(15)16/h6-14H,4-5H2,1-3H3,(H,19,20). The van der Waals surface area contributed by atoms with Crippen LogP contribution in [0, 0.1) is 5.92 Å². The Bertz CT molecular complexity index is 581. The Morgan fingerprint density at radius 1 is 1.05 bits per heavy atom. The molecular formula is C18H23NO. The highest BCUT2D eigenvalue weighted by Gasteiger charge is 2.17. The average Bonchev–Trinajstić information content (AvgIpc) is 2.47. The molecule has 0 radical (unpaired) electrons. The Morgan fingerprint density at radius 3 is 2.40 bits per heavy atom. The lowest BCUT2D eigenvalue weighted by Gasteiger charge is -2.20. The summed E-state index contributed by atoms with van der Waals surface area (Å²) in [6, 6.07) is 14.6. The van der Waals surface area contributed by atoms with Crippen molar-refractivity contribution in [3.8, 4) is 0 Å². The van der Waals surface area contributed by atoms with Crippen LogP contribution in [0.25, 0.3) is 10.8 Å². The van der Waals surface area contributed by atoms with Gasteiger partial charge in [-0.15, -0.1) is 0 Å². The lowest BCUT2D eigenvalue weighted by molar-refractivity contribution is -0.125. The summed E-state index contributed by atoms with van der Waals surface area (Å²) >= 11 is 0. The van der Waals surface area contributed by atoms with E-state index >= 15 is 0 Å². The van der Waals surface area contributed by atoms with Crippen LogP contribution >= 0.6 is 0 Å². The zero-order valence-corrected chi connectivity index (χ0v) is 12.5. The minimum atomic E-state index is 0.0363. The van der Waals surface area contributed by atoms with Gasteiger partial charge in [0.1, 0.15) is 0 Å². The molecule has 0 fully saturated rings. The number of benzene rings is 2. The van der Waals surface area contributed by atoms with E-state index in [9.17, 15) is 4.79 Å². The van der Waals surface area contributed by atoms with Gasteiger partial charge in [-0.3, -0.25) is 4.79 Å². The number of rotatable bonds is 5. The van der Waals surface area contributed by atoms with Crippen LogP contribution in [-0.4, -0.2) is 5.91 Å². The fraction of sp³-hybridized carbons (Fsp3) is 0.389. The van der Waals surface area contributed by atoms with Crippen molar-refractivity contribution < 1.29 is 4.79 Å². The van der Waals surface area contributed by atoms with E-state index in [4.69, 9.17) is 0 Å². The van der Waals surface area contributed by atoms with Crippen molar-refractivity contribution in [2.75, 3.05) is 0 Å². The van der Waals surface area contributed by atoms with Crippen LogP contribution in [0.2, 0.25) is 0 Å². The predicted molar refractivity (Wildman–Crippen MR) is 84.6 cm³/mol. The molecule has 2 rings (SSSR count). The molecule has 0 aliphatic rings. The van der Waals surface area contributed by atoms with Gasteiger partial charge in [-0.1, -0.05) is 56.3 Å². The molecule has 0 saturated carbocycles. The first-order chi connectivity index (χ1) is 9.67. The van der Waals surface area contributed by atoms with E-state index in [2.05, 4.69) is 56.4 Å². The summed E-state index contributed by atoms with van der Waals surface area (Å²) in [5, 5.41) is 5.58. The molecule has 20 heavy (non-hydrogen) atoms. The van der Waals surface area contributed by atoms with E-state index < -0.39 is 0 Å². The van der Waals surface area contributed by atoms with Crippen LogP contribution in [0.4, 0.5) is 0 Å². The van der Waals surface area contributed by atoms with Crippen molar-refractivity contribution in [2.45, 2.75) is 39.7 Å². The van der Waals surface area contributed by atoms with E-state index in [-0.39, 0.29) is 17.9 Å². The number of amides is 1. The first-order valence-electron chi connectivity index (χ1n) is 7.45. The molecule has 1 atom stereocenters. The SMILES string of the molecule is CCC(CC)C(=O)NC(C)c1cccc2ccccc12. The molecule has 2 aromatic carbocycles. The van der Waals surface area contributed by atoms with Gasteiger partial charge in [-0.2, -0.15) is 0 Å². The van der Waals surface area contributed by atoms with E-state index in [1.807, 2.05) is 12.1 Å². The lowest BCUT2D eigenvalue weighted by atomic mass is 9.98. The molecule has 1 N–H and O–H groups in total. The number of hydrogen-bond acceptors (Lipinski definition) is 1. The van der Waals surface area contributed by atoms with Crippen molar-refractivity contribution in [1.29, 1.82) is 0 Å². The van der Waals surface area contributed by atoms with Crippen molar-refractivity contribution in [3.63, 3.8) is 0 Å². The second kappa shape index (κ2) is 6.56.